The predicted molar refractivity (Wildman–Crippen MR) is 113 cm³/mol. The van der Waals surface area contributed by atoms with Gasteiger partial charge in [0.2, 0.25) is 10.0 Å². The summed E-state index contributed by atoms with van der Waals surface area (Å²) in [6, 6.07) is 5.12. The van der Waals surface area contributed by atoms with Gasteiger partial charge in [-0.25, -0.2) is 17.7 Å². The van der Waals surface area contributed by atoms with E-state index in [1.807, 2.05) is 6.07 Å². The summed E-state index contributed by atoms with van der Waals surface area (Å²) in [5.41, 5.74) is 1.63. The molecule has 0 aliphatic rings. The molecule has 1 heterocycles. The number of fused-ring (bicyclic) bond motifs is 1. The molecule has 144 valence electrons. The van der Waals surface area contributed by atoms with Crippen LogP contribution >= 0.6 is 24.0 Å². The lowest BCUT2D eigenvalue weighted by Crippen LogP contribution is -2.26. The number of nitrogens with zero attached hydrogens (tertiary/aromatic N) is 4. The highest BCUT2D eigenvalue weighted by molar-refractivity contribution is 8.22. The first-order chi connectivity index (χ1) is 12.3. The molecule has 0 unspecified atom stereocenters. The second-order valence-electron chi connectivity index (χ2n) is 5.94. The highest BCUT2D eigenvalue weighted by Gasteiger charge is 2.19. The molecule has 0 saturated heterocycles. The zero-order valence-electron chi connectivity index (χ0n) is 15.9. The van der Waals surface area contributed by atoms with Crippen molar-refractivity contribution in [2.45, 2.75) is 38.0 Å². The van der Waals surface area contributed by atoms with Gasteiger partial charge in [0.1, 0.15) is 10.1 Å². The lowest BCUT2D eigenvalue weighted by Gasteiger charge is -2.20. The minimum Gasteiger partial charge on any atom is -0.358 e. The van der Waals surface area contributed by atoms with Gasteiger partial charge < -0.3 is 9.47 Å². The number of thiocarbonyl (C=S) groups is 1. The van der Waals surface area contributed by atoms with Crippen molar-refractivity contribution in [3.8, 4) is 0 Å². The zero-order chi connectivity index (χ0) is 19.5. The first-order valence-electron chi connectivity index (χ1n) is 8.59. The van der Waals surface area contributed by atoms with Crippen LogP contribution in [-0.2, 0) is 22.3 Å². The smallest absolute Gasteiger partial charge is 0.242 e. The molecule has 2 rings (SSSR count). The zero-order valence-corrected chi connectivity index (χ0v) is 18.3. The van der Waals surface area contributed by atoms with E-state index in [0.29, 0.717) is 11.3 Å². The molecule has 0 bridgehead atoms. The van der Waals surface area contributed by atoms with Gasteiger partial charge in [-0.3, -0.25) is 0 Å². The van der Waals surface area contributed by atoms with Gasteiger partial charge in [0.05, 0.1) is 21.7 Å². The van der Waals surface area contributed by atoms with Crippen LogP contribution in [0, 0.1) is 0 Å². The van der Waals surface area contributed by atoms with Crippen LogP contribution in [0.15, 0.2) is 23.1 Å². The van der Waals surface area contributed by atoms with E-state index in [4.69, 9.17) is 12.2 Å². The fraction of sp³-hybridized carbons (Fsp3) is 0.529. The molecule has 0 aliphatic carbocycles. The maximum Gasteiger partial charge on any atom is 0.242 e. The molecule has 0 aliphatic heterocycles. The van der Waals surface area contributed by atoms with Crippen LogP contribution < -0.4 is 0 Å². The number of rotatable bonds is 7. The van der Waals surface area contributed by atoms with Gasteiger partial charge in [0.15, 0.2) is 0 Å². The van der Waals surface area contributed by atoms with E-state index in [9.17, 15) is 8.42 Å². The molecule has 9 heteroatoms. The van der Waals surface area contributed by atoms with Gasteiger partial charge in [-0.1, -0.05) is 24.0 Å². The van der Waals surface area contributed by atoms with Gasteiger partial charge >= 0.3 is 0 Å². The van der Waals surface area contributed by atoms with Crippen molar-refractivity contribution < 1.29 is 8.42 Å². The lowest BCUT2D eigenvalue weighted by molar-refractivity contribution is 0.482. The molecular weight excluding hydrogens is 388 g/mol. The Hall–Kier alpha value is -1.16. The molecule has 6 nitrogen and oxygen atoms in total. The van der Waals surface area contributed by atoms with Crippen molar-refractivity contribution in [3.05, 3.63) is 24.0 Å². The van der Waals surface area contributed by atoms with E-state index >= 15 is 0 Å². The monoisotopic (exact) mass is 414 g/mol. The first-order valence-corrected chi connectivity index (χ1v) is 11.4. The summed E-state index contributed by atoms with van der Waals surface area (Å²) in [6.45, 7) is 8.78. The summed E-state index contributed by atoms with van der Waals surface area (Å²) in [7, 11) is -0.415. The minimum atomic E-state index is -3.47. The molecule has 0 N–H and O–H groups in total. The molecule has 26 heavy (non-hydrogen) atoms. The van der Waals surface area contributed by atoms with Gasteiger partial charge in [-0.15, -0.1) is 0 Å². The Morgan fingerprint density at radius 2 is 1.88 bits per heavy atom. The van der Waals surface area contributed by atoms with Crippen LogP contribution in [-0.4, -0.2) is 58.7 Å². The van der Waals surface area contributed by atoms with Crippen molar-refractivity contribution in [2.75, 3.05) is 27.2 Å². The Bertz CT molecular complexity index is 887. The fourth-order valence-corrected chi connectivity index (χ4v) is 4.96. The first kappa shape index (κ1) is 21.1. The number of hydrogen-bond donors (Lipinski definition) is 0. The number of aromatic nitrogens is 2. The van der Waals surface area contributed by atoms with Crippen LogP contribution in [0.5, 0.6) is 0 Å². The summed E-state index contributed by atoms with van der Waals surface area (Å²) < 4.78 is 28.9. The third kappa shape index (κ3) is 4.21. The Balaban J connectivity index is 2.35. The summed E-state index contributed by atoms with van der Waals surface area (Å²) in [4.78, 5) is 7.08. The summed E-state index contributed by atoms with van der Waals surface area (Å²) in [6.07, 6.45) is 0. The highest BCUT2D eigenvalue weighted by Crippen LogP contribution is 2.25. The van der Waals surface area contributed by atoms with Crippen LogP contribution in [0.25, 0.3) is 11.0 Å². The van der Waals surface area contributed by atoms with Crippen molar-refractivity contribution in [1.29, 1.82) is 0 Å². The molecule has 0 atom stereocenters. The number of benzene rings is 1. The van der Waals surface area contributed by atoms with Gasteiger partial charge in [-0.2, -0.15) is 0 Å². The Morgan fingerprint density at radius 3 is 2.42 bits per heavy atom. The maximum atomic E-state index is 12.4. The van der Waals surface area contributed by atoms with Crippen LogP contribution in [0.1, 0.15) is 26.6 Å². The molecule has 0 spiro atoms. The standard InChI is InChI=1S/C17H26N4O2S3/c1-6-20(7-2)17(24)25-12-16-18-14-11-13(26(22,23)19(4)5)9-10-15(14)21(16)8-3/h9-11H,6-8,12H2,1-5H3. The van der Waals surface area contributed by atoms with Gasteiger partial charge in [0, 0.05) is 33.7 Å². The molecular formula is C17H26N4O2S3. The van der Waals surface area contributed by atoms with Crippen molar-refractivity contribution in [1.82, 2.24) is 18.8 Å². The number of hydrogen-bond acceptors (Lipinski definition) is 5. The Labute approximate surface area is 165 Å². The maximum absolute atomic E-state index is 12.4. The SMILES string of the molecule is CCN(CC)C(=S)SCc1nc2cc(S(=O)(=O)N(C)C)ccc2n1CC. The summed E-state index contributed by atoms with van der Waals surface area (Å²) >= 11 is 7.09. The van der Waals surface area contributed by atoms with Crippen LogP contribution in [0.3, 0.4) is 0 Å². The number of thioether (sulfide) groups is 1. The van der Waals surface area contributed by atoms with Gasteiger partial charge in [0.25, 0.3) is 0 Å². The third-order valence-electron chi connectivity index (χ3n) is 4.24. The summed E-state index contributed by atoms with van der Waals surface area (Å²) in [5, 5.41) is 0. The molecule has 1 aromatic heterocycles. The molecule has 1 aromatic carbocycles. The fourth-order valence-electron chi connectivity index (χ4n) is 2.69. The number of aryl methyl sites for hydroxylation is 1. The largest absolute Gasteiger partial charge is 0.358 e. The number of sulfonamides is 1. The molecule has 0 amide bonds. The highest BCUT2D eigenvalue weighted by atomic mass is 32.2. The van der Waals surface area contributed by atoms with Crippen LogP contribution in [0.2, 0.25) is 0 Å². The van der Waals surface area contributed by atoms with Crippen LogP contribution in [0.4, 0.5) is 0 Å². The molecule has 0 radical (unpaired) electrons. The lowest BCUT2D eigenvalue weighted by atomic mass is 10.3. The quantitative estimate of drug-likeness (QED) is 0.649. The van der Waals surface area contributed by atoms with E-state index < -0.39 is 10.0 Å². The van der Waals surface area contributed by atoms with Crippen molar-refractivity contribution >= 4 is 49.4 Å². The van der Waals surface area contributed by atoms with E-state index in [0.717, 1.165) is 35.3 Å². The Kier molecular flexibility index (Phi) is 7.06. The average Bonchev–Trinajstić information content (AvgIpc) is 2.97. The normalized spacial score (nSPS) is 12.1. The molecule has 0 saturated carbocycles. The topological polar surface area (TPSA) is 58.4 Å². The molecule has 0 fully saturated rings. The average molecular weight is 415 g/mol. The predicted octanol–water partition coefficient (Wildman–Crippen LogP) is 3.17. The summed E-state index contributed by atoms with van der Waals surface area (Å²) in [5.74, 6) is 1.56. The minimum absolute atomic E-state index is 0.258. The Morgan fingerprint density at radius 1 is 1.23 bits per heavy atom. The van der Waals surface area contributed by atoms with E-state index in [-0.39, 0.29) is 4.90 Å². The van der Waals surface area contributed by atoms with Gasteiger partial charge in [-0.05, 0) is 39.0 Å². The van der Waals surface area contributed by atoms with E-state index in [1.54, 1.807) is 23.9 Å². The van der Waals surface area contributed by atoms with Crippen molar-refractivity contribution in [3.63, 3.8) is 0 Å². The van der Waals surface area contributed by atoms with E-state index in [2.05, 4.69) is 35.2 Å². The van der Waals surface area contributed by atoms with E-state index in [1.165, 1.54) is 18.4 Å². The molecule has 2 aromatic rings. The third-order valence-corrected chi connectivity index (χ3v) is 7.57. The number of imidazole rings is 1. The second-order valence-corrected chi connectivity index (χ2v) is 9.70. The van der Waals surface area contributed by atoms with Crippen molar-refractivity contribution in [2.24, 2.45) is 0 Å². The second kappa shape index (κ2) is 8.69.